The van der Waals surface area contributed by atoms with E-state index in [9.17, 15) is 18.0 Å². The summed E-state index contributed by atoms with van der Waals surface area (Å²) in [6.07, 6.45) is 0. The first-order chi connectivity index (χ1) is 10.9. The molecule has 0 aromatic heterocycles. The Balaban J connectivity index is 1.80. The smallest absolute Gasteiger partial charge is 0.269 e. The van der Waals surface area contributed by atoms with Crippen LogP contribution in [0.5, 0.6) is 0 Å². The first-order valence-electron chi connectivity index (χ1n) is 6.61. The molecule has 1 heterocycles. The molecule has 0 fully saturated rings. The SMILES string of the molecule is O=C(CN1C(=O)c2ccccc2S1(=O)=O)Nc1ccc(Br)cc1. The van der Waals surface area contributed by atoms with Crippen LogP contribution in [0.15, 0.2) is 57.9 Å². The minimum atomic E-state index is -3.97. The molecule has 2 amide bonds. The summed E-state index contributed by atoms with van der Waals surface area (Å²) in [5.74, 6) is -1.27. The first-order valence-corrected chi connectivity index (χ1v) is 8.84. The average Bonchev–Trinajstić information content (AvgIpc) is 2.71. The van der Waals surface area contributed by atoms with Crippen LogP contribution in [0.4, 0.5) is 5.69 Å². The number of nitrogens with zero attached hydrogens (tertiary/aromatic N) is 1. The van der Waals surface area contributed by atoms with Crippen LogP contribution in [0.1, 0.15) is 10.4 Å². The zero-order valence-electron chi connectivity index (χ0n) is 11.7. The van der Waals surface area contributed by atoms with Gasteiger partial charge in [-0.2, -0.15) is 0 Å². The number of benzene rings is 2. The lowest BCUT2D eigenvalue weighted by atomic mass is 10.2. The highest BCUT2D eigenvalue weighted by molar-refractivity contribution is 9.10. The molecule has 0 atom stereocenters. The minimum Gasteiger partial charge on any atom is -0.325 e. The van der Waals surface area contributed by atoms with Crippen LogP contribution in [0.3, 0.4) is 0 Å². The average molecular weight is 395 g/mol. The molecule has 0 spiro atoms. The van der Waals surface area contributed by atoms with E-state index in [1.807, 2.05) is 0 Å². The van der Waals surface area contributed by atoms with Gasteiger partial charge in [0.1, 0.15) is 11.4 Å². The molecular weight excluding hydrogens is 384 g/mol. The number of rotatable bonds is 3. The van der Waals surface area contributed by atoms with Crippen LogP contribution < -0.4 is 5.32 Å². The van der Waals surface area contributed by atoms with Gasteiger partial charge in [-0.15, -0.1) is 0 Å². The van der Waals surface area contributed by atoms with Crippen molar-refractivity contribution in [3.63, 3.8) is 0 Å². The Labute approximate surface area is 141 Å². The Morgan fingerprint density at radius 2 is 1.74 bits per heavy atom. The molecule has 118 valence electrons. The molecule has 23 heavy (non-hydrogen) atoms. The van der Waals surface area contributed by atoms with Crippen molar-refractivity contribution in [3.05, 3.63) is 58.6 Å². The maximum atomic E-state index is 12.3. The maximum Gasteiger partial charge on any atom is 0.269 e. The van der Waals surface area contributed by atoms with Gasteiger partial charge in [-0.25, -0.2) is 12.7 Å². The lowest BCUT2D eigenvalue weighted by Crippen LogP contribution is -2.37. The highest BCUT2D eigenvalue weighted by Gasteiger charge is 2.41. The van der Waals surface area contributed by atoms with Crippen LogP contribution in [0.2, 0.25) is 0 Å². The molecule has 0 unspecified atom stereocenters. The summed E-state index contributed by atoms with van der Waals surface area (Å²) in [7, 11) is -3.97. The van der Waals surface area contributed by atoms with Crippen molar-refractivity contribution >= 4 is 43.5 Å². The predicted octanol–water partition coefficient (Wildman–Crippen LogP) is 2.23. The Hall–Kier alpha value is -2.19. The molecule has 0 radical (unpaired) electrons. The van der Waals surface area contributed by atoms with E-state index in [1.54, 1.807) is 30.3 Å². The van der Waals surface area contributed by atoms with Crippen LogP contribution >= 0.6 is 15.9 Å². The molecule has 0 bridgehead atoms. The number of carbonyl (C=O) groups excluding carboxylic acids is 2. The second-order valence-electron chi connectivity index (χ2n) is 4.87. The molecular formula is C15H11BrN2O4S. The molecule has 8 heteroatoms. The summed E-state index contributed by atoms with van der Waals surface area (Å²) in [6, 6.07) is 12.7. The van der Waals surface area contributed by atoms with Gasteiger partial charge in [0.25, 0.3) is 15.9 Å². The third kappa shape index (κ3) is 2.87. The fraction of sp³-hybridized carbons (Fsp3) is 0.0667. The molecule has 1 aliphatic heterocycles. The van der Waals surface area contributed by atoms with Gasteiger partial charge < -0.3 is 5.32 Å². The number of hydrogen-bond acceptors (Lipinski definition) is 4. The number of fused-ring (bicyclic) bond motifs is 1. The van der Waals surface area contributed by atoms with Crippen LogP contribution in [0, 0.1) is 0 Å². The number of nitrogens with one attached hydrogen (secondary N) is 1. The molecule has 0 aliphatic carbocycles. The minimum absolute atomic E-state index is 0.0681. The van der Waals surface area contributed by atoms with E-state index in [0.29, 0.717) is 9.99 Å². The maximum absolute atomic E-state index is 12.3. The van der Waals surface area contributed by atoms with Crippen molar-refractivity contribution in [1.29, 1.82) is 0 Å². The number of amides is 2. The van der Waals surface area contributed by atoms with Crippen molar-refractivity contribution in [2.24, 2.45) is 0 Å². The van der Waals surface area contributed by atoms with E-state index in [0.717, 1.165) is 4.47 Å². The van der Waals surface area contributed by atoms with Crippen molar-refractivity contribution in [2.75, 3.05) is 11.9 Å². The number of carbonyl (C=O) groups is 2. The summed E-state index contributed by atoms with van der Waals surface area (Å²) in [5, 5.41) is 2.56. The monoisotopic (exact) mass is 394 g/mol. The molecule has 3 rings (SSSR count). The number of halogens is 1. The Bertz CT molecular complexity index is 894. The number of hydrogen-bond donors (Lipinski definition) is 1. The second-order valence-corrected chi connectivity index (χ2v) is 7.61. The van der Waals surface area contributed by atoms with E-state index in [4.69, 9.17) is 0 Å². The molecule has 2 aromatic carbocycles. The highest BCUT2D eigenvalue weighted by atomic mass is 79.9. The fourth-order valence-corrected chi connectivity index (χ4v) is 4.04. The Morgan fingerprint density at radius 1 is 1.09 bits per heavy atom. The van der Waals surface area contributed by atoms with Gasteiger partial charge in [0, 0.05) is 10.2 Å². The third-order valence-electron chi connectivity index (χ3n) is 3.33. The lowest BCUT2D eigenvalue weighted by Gasteiger charge is -2.14. The van der Waals surface area contributed by atoms with Crippen LogP contribution in [-0.4, -0.2) is 31.1 Å². The van der Waals surface area contributed by atoms with Crippen LogP contribution in [0.25, 0.3) is 0 Å². The summed E-state index contributed by atoms with van der Waals surface area (Å²) in [4.78, 5) is 24.2. The molecule has 1 aliphatic rings. The summed E-state index contributed by atoms with van der Waals surface area (Å²) in [6.45, 7) is -0.564. The summed E-state index contributed by atoms with van der Waals surface area (Å²) in [5.41, 5.74) is 0.601. The molecule has 0 saturated carbocycles. The van der Waals surface area contributed by atoms with E-state index in [1.165, 1.54) is 18.2 Å². The second kappa shape index (κ2) is 5.78. The van der Waals surface area contributed by atoms with Gasteiger partial charge in [0.15, 0.2) is 0 Å². The zero-order valence-corrected chi connectivity index (χ0v) is 14.1. The number of anilines is 1. The molecule has 6 nitrogen and oxygen atoms in total. The van der Waals surface area contributed by atoms with Gasteiger partial charge >= 0.3 is 0 Å². The summed E-state index contributed by atoms with van der Waals surface area (Å²) >= 11 is 3.28. The first kappa shape index (κ1) is 15.7. The predicted molar refractivity (Wildman–Crippen MR) is 87.4 cm³/mol. The standard InChI is InChI=1S/C15H11BrN2O4S/c16-10-5-7-11(8-6-10)17-14(19)9-18-15(20)12-3-1-2-4-13(12)23(18,21)22/h1-8H,9H2,(H,17,19). The quantitative estimate of drug-likeness (QED) is 0.864. The Morgan fingerprint density at radius 3 is 2.39 bits per heavy atom. The van der Waals surface area contributed by atoms with Crippen LogP contribution in [-0.2, 0) is 14.8 Å². The largest absolute Gasteiger partial charge is 0.325 e. The van der Waals surface area contributed by atoms with Crippen molar-refractivity contribution in [1.82, 2.24) is 4.31 Å². The normalized spacial score (nSPS) is 15.3. The third-order valence-corrected chi connectivity index (χ3v) is 5.64. The van der Waals surface area contributed by atoms with E-state index >= 15 is 0 Å². The van der Waals surface area contributed by atoms with Crippen molar-refractivity contribution < 1.29 is 18.0 Å². The van der Waals surface area contributed by atoms with Gasteiger partial charge in [-0.3, -0.25) is 9.59 Å². The van der Waals surface area contributed by atoms with E-state index in [-0.39, 0.29) is 10.5 Å². The van der Waals surface area contributed by atoms with Crippen molar-refractivity contribution in [2.45, 2.75) is 4.90 Å². The van der Waals surface area contributed by atoms with E-state index < -0.39 is 28.4 Å². The van der Waals surface area contributed by atoms with Crippen molar-refractivity contribution in [3.8, 4) is 0 Å². The topological polar surface area (TPSA) is 83.6 Å². The lowest BCUT2D eigenvalue weighted by molar-refractivity contribution is -0.116. The molecule has 0 saturated heterocycles. The zero-order chi connectivity index (χ0) is 16.6. The Kier molecular flexibility index (Phi) is 3.95. The van der Waals surface area contributed by atoms with E-state index in [2.05, 4.69) is 21.2 Å². The number of sulfonamides is 1. The van der Waals surface area contributed by atoms with Gasteiger partial charge in [-0.05, 0) is 36.4 Å². The summed E-state index contributed by atoms with van der Waals surface area (Å²) < 4.78 is 26.1. The van der Waals surface area contributed by atoms with Gasteiger partial charge in [0.05, 0.1) is 5.56 Å². The van der Waals surface area contributed by atoms with Gasteiger partial charge in [0.2, 0.25) is 5.91 Å². The highest BCUT2D eigenvalue weighted by Crippen LogP contribution is 2.29. The fourth-order valence-electron chi connectivity index (χ4n) is 2.25. The molecule has 1 N–H and O–H groups in total. The van der Waals surface area contributed by atoms with Gasteiger partial charge in [-0.1, -0.05) is 28.1 Å². The molecule has 2 aromatic rings.